The topological polar surface area (TPSA) is 64.4 Å². The van der Waals surface area contributed by atoms with Gasteiger partial charge in [0.15, 0.2) is 0 Å². The van der Waals surface area contributed by atoms with Crippen LogP contribution in [-0.2, 0) is 22.7 Å². The second-order valence-electron chi connectivity index (χ2n) is 7.09. The van der Waals surface area contributed by atoms with E-state index in [9.17, 15) is 13.4 Å². The standard InChI is InChI=1S/C19H22FN3O3S/c1-27(25)9-5-16(6-10-27)22-7-8-23-18(19(22)24)12-15(21-23)13-26-17-4-2-3-14(20)11-17/h2-4,11-12,16H,1,5-10,13H2. The number of aromatic nitrogens is 2. The zero-order valence-electron chi connectivity index (χ0n) is 15.0. The summed E-state index contributed by atoms with van der Waals surface area (Å²) >= 11 is 0. The van der Waals surface area contributed by atoms with Gasteiger partial charge in [-0.2, -0.15) is 5.10 Å². The van der Waals surface area contributed by atoms with Crippen LogP contribution in [0.2, 0.25) is 0 Å². The van der Waals surface area contributed by atoms with Crippen molar-refractivity contribution in [3.63, 3.8) is 0 Å². The monoisotopic (exact) mass is 391 g/mol. The molecule has 1 aromatic heterocycles. The number of halogens is 1. The molecule has 27 heavy (non-hydrogen) atoms. The number of rotatable bonds is 4. The molecule has 8 heteroatoms. The summed E-state index contributed by atoms with van der Waals surface area (Å²) in [5.41, 5.74) is 1.17. The normalized spacial score (nSPS) is 25.3. The van der Waals surface area contributed by atoms with Crippen LogP contribution in [0.15, 0.2) is 30.3 Å². The lowest BCUT2D eigenvalue weighted by atomic mass is 10.1. The van der Waals surface area contributed by atoms with Crippen LogP contribution in [0, 0.1) is 5.82 Å². The molecule has 0 saturated carbocycles. The van der Waals surface area contributed by atoms with E-state index in [1.54, 1.807) is 22.9 Å². The van der Waals surface area contributed by atoms with Crippen molar-refractivity contribution >= 4 is 21.3 Å². The Bertz CT molecular complexity index is 956. The Labute approximate surface area is 157 Å². The first-order valence-corrected chi connectivity index (χ1v) is 11.1. The molecule has 144 valence electrons. The zero-order chi connectivity index (χ0) is 19.0. The number of hydrogen-bond donors (Lipinski definition) is 0. The second kappa shape index (κ2) is 6.99. The smallest absolute Gasteiger partial charge is 0.272 e. The first kappa shape index (κ1) is 18.0. The summed E-state index contributed by atoms with van der Waals surface area (Å²) in [6.07, 6.45) is 1.47. The molecule has 0 spiro atoms. The predicted molar refractivity (Wildman–Crippen MR) is 102 cm³/mol. The zero-order valence-corrected chi connectivity index (χ0v) is 15.8. The molecular formula is C19H22FN3O3S. The molecule has 6 nitrogen and oxygen atoms in total. The molecule has 2 aromatic rings. The van der Waals surface area contributed by atoms with E-state index in [1.165, 1.54) is 12.1 Å². The fraction of sp³-hybridized carbons (Fsp3) is 0.421. The number of nitrogens with zero attached hydrogens (tertiary/aromatic N) is 3. The van der Waals surface area contributed by atoms with E-state index in [4.69, 9.17) is 4.74 Å². The number of amides is 1. The van der Waals surface area contributed by atoms with E-state index in [0.717, 1.165) is 12.8 Å². The highest BCUT2D eigenvalue weighted by Crippen LogP contribution is 2.24. The molecule has 1 fully saturated rings. The number of carbonyl (C=O) groups excluding carboxylic acids is 1. The van der Waals surface area contributed by atoms with E-state index in [1.807, 2.05) is 4.90 Å². The molecule has 0 N–H and O–H groups in total. The van der Waals surface area contributed by atoms with Gasteiger partial charge in [0, 0.05) is 30.2 Å². The Kier molecular flexibility index (Phi) is 4.67. The summed E-state index contributed by atoms with van der Waals surface area (Å²) < 4.78 is 32.6. The fourth-order valence-corrected chi connectivity index (χ4v) is 5.26. The van der Waals surface area contributed by atoms with Crippen LogP contribution in [0.5, 0.6) is 5.75 Å². The Morgan fingerprint density at radius 2 is 2.04 bits per heavy atom. The second-order valence-corrected chi connectivity index (χ2v) is 9.84. The highest BCUT2D eigenvalue weighted by molar-refractivity contribution is 8.00. The average Bonchev–Trinajstić information content (AvgIpc) is 3.05. The van der Waals surface area contributed by atoms with Crippen LogP contribution in [-0.4, -0.2) is 54.8 Å². The van der Waals surface area contributed by atoms with Gasteiger partial charge < -0.3 is 9.64 Å². The molecule has 3 heterocycles. The van der Waals surface area contributed by atoms with Crippen molar-refractivity contribution in [1.29, 1.82) is 0 Å². The number of ether oxygens (including phenoxy) is 1. The van der Waals surface area contributed by atoms with E-state index >= 15 is 0 Å². The third kappa shape index (κ3) is 3.85. The van der Waals surface area contributed by atoms with Gasteiger partial charge >= 0.3 is 0 Å². The first-order valence-electron chi connectivity index (χ1n) is 9.00. The van der Waals surface area contributed by atoms with Crippen molar-refractivity contribution in [1.82, 2.24) is 14.7 Å². The Balaban J connectivity index is 1.44. The lowest BCUT2D eigenvalue weighted by molar-refractivity contribution is 0.0597. The third-order valence-corrected chi connectivity index (χ3v) is 7.09. The van der Waals surface area contributed by atoms with E-state index in [-0.39, 0.29) is 24.4 Å². The summed E-state index contributed by atoms with van der Waals surface area (Å²) in [6.45, 7) is 1.39. The van der Waals surface area contributed by atoms with Crippen molar-refractivity contribution < 1.29 is 18.1 Å². The quantitative estimate of drug-likeness (QED) is 0.747. The summed E-state index contributed by atoms with van der Waals surface area (Å²) in [6, 6.07) is 7.78. The van der Waals surface area contributed by atoms with Crippen molar-refractivity contribution in [3.8, 4) is 5.75 Å². The Morgan fingerprint density at radius 3 is 2.78 bits per heavy atom. The van der Waals surface area contributed by atoms with E-state index in [0.29, 0.717) is 41.7 Å². The number of fused-ring (bicyclic) bond motifs is 1. The van der Waals surface area contributed by atoms with Gasteiger partial charge in [-0.1, -0.05) is 6.07 Å². The van der Waals surface area contributed by atoms with Gasteiger partial charge in [0.25, 0.3) is 5.91 Å². The minimum Gasteiger partial charge on any atom is -0.487 e. The van der Waals surface area contributed by atoms with E-state index < -0.39 is 9.52 Å². The molecular weight excluding hydrogens is 369 g/mol. The van der Waals surface area contributed by atoms with Gasteiger partial charge in [0.1, 0.15) is 29.6 Å². The Morgan fingerprint density at radius 1 is 1.26 bits per heavy atom. The minimum atomic E-state index is -1.96. The predicted octanol–water partition coefficient (Wildman–Crippen LogP) is 1.94. The summed E-state index contributed by atoms with van der Waals surface area (Å²) in [7, 11) is -1.96. The van der Waals surface area contributed by atoms with Crippen LogP contribution in [0.1, 0.15) is 29.0 Å². The van der Waals surface area contributed by atoms with Crippen LogP contribution < -0.4 is 4.74 Å². The van der Waals surface area contributed by atoms with Crippen LogP contribution in [0.3, 0.4) is 0 Å². The van der Waals surface area contributed by atoms with Gasteiger partial charge in [0.05, 0.1) is 6.54 Å². The van der Waals surface area contributed by atoms with Gasteiger partial charge in [-0.15, -0.1) is 0 Å². The molecule has 4 rings (SSSR count). The lowest BCUT2D eigenvalue weighted by Crippen LogP contribution is -2.49. The van der Waals surface area contributed by atoms with E-state index in [2.05, 4.69) is 11.0 Å². The molecule has 2 aliphatic heterocycles. The molecule has 1 aromatic carbocycles. The first-order chi connectivity index (χ1) is 12.9. The van der Waals surface area contributed by atoms with Crippen molar-refractivity contribution in [2.24, 2.45) is 0 Å². The summed E-state index contributed by atoms with van der Waals surface area (Å²) in [5.74, 6) is 4.96. The molecule has 2 aliphatic rings. The molecule has 1 saturated heterocycles. The van der Waals surface area contributed by atoms with Crippen molar-refractivity contribution in [3.05, 3.63) is 47.5 Å². The van der Waals surface area contributed by atoms with Gasteiger partial charge in [-0.3, -0.25) is 13.7 Å². The number of benzene rings is 1. The molecule has 0 atom stereocenters. The third-order valence-electron chi connectivity index (χ3n) is 5.13. The summed E-state index contributed by atoms with van der Waals surface area (Å²) in [5, 5.41) is 4.44. The highest BCUT2D eigenvalue weighted by Gasteiger charge is 2.33. The van der Waals surface area contributed by atoms with Crippen LogP contribution >= 0.6 is 0 Å². The van der Waals surface area contributed by atoms with Crippen LogP contribution in [0.25, 0.3) is 0 Å². The maximum absolute atomic E-state index is 13.2. The Hall–Kier alpha value is -2.35. The minimum absolute atomic E-state index is 0.0479. The maximum atomic E-state index is 13.2. The fourth-order valence-electron chi connectivity index (χ4n) is 3.66. The molecule has 0 radical (unpaired) electrons. The highest BCUT2D eigenvalue weighted by atomic mass is 32.2. The molecule has 0 aliphatic carbocycles. The summed E-state index contributed by atoms with van der Waals surface area (Å²) in [4.78, 5) is 14.8. The average molecular weight is 391 g/mol. The number of carbonyl (C=O) groups is 1. The molecule has 1 amide bonds. The van der Waals surface area contributed by atoms with Crippen LogP contribution in [0.4, 0.5) is 4.39 Å². The number of hydrogen-bond acceptors (Lipinski definition) is 4. The molecule has 0 unspecified atom stereocenters. The van der Waals surface area contributed by atoms with Crippen molar-refractivity contribution in [2.75, 3.05) is 18.1 Å². The van der Waals surface area contributed by atoms with Crippen molar-refractivity contribution in [2.45, 2.75) is 32.0 Å². The van der Waals surface area contributed by atoms with Gasteiger partial charge in [-0.25, -0.2) is 4.39 Å². The van der Waals surface area contributed by atoms with Gasteiger partial charge in [-0.05, 0) is 46.4 Å². The van der Waals surface area contributed by atoms with Gasteiger partial charge in [0.2, 0.25) is 0 Å². The lowest BCUT2D eigenvalue weighted by Gasteiger charge is -2.37. The largest absolute Gasteiger partial charge is 0.487 e. The SMILES string of the molecule is C=S1(=O)CCC(N2CCn3nc(COc4cccc(F)c4)cc3C2=O)CC1. The molecule has 0 bridgehead atoms. The maximum Gasteiger partial charge on any atom is 0.272 e.